The molecule has 0 spiro atoms. The minimum Gasteiger partial charge on any atom is -0.481 e. The van der Waals surface area contributed by atoms with Crippen LogP contribution in [-0.4, -0.2) is 35.2 Å². The number of anilines is 1. The first-order valence-corrected chi connectivity index (χ1v) is 7.80. The van der Waals surface area contributed by atoms with Crippen LogP contribution in [0.5, 0.6) is 5.88 Å². The van der Waals surface area contributed by atoms with Gasteiger partial charge in [0.15, 0.2) is 11.5 Å². The fraction of sp³-hybridized carbons (Fsp3) is 0.353. The Hall–Kier alpha value is -2.63. The molecule has 6 heteroatoms. The van der Waals surface area contributed by atoms with Gasteiger partial charge in [0.1, 0.15) is 17.7 Å². The minimum atomic E-state index is 0.275. The summed E-state index contributed by atoms with van der Waals surface area (Å²) in [6.07, 6.45) is 3.69. The van der Waals surface area contributed by atoms with Crippen molar-refractivity contribution in [2.24, 2.45) is 0 Å². The average Bonchev–Trinajstić information content (AvgIpc) is 3.06. The highest BCUT2D eigenvalue weighted by Gasteiger charge is 2.26. The van der Waals surface area contributed by atoms with Crippen molar-refractivity contribution in [1.29, 1.82) is 0 Å². The van der Waals surface area contributed by atoms with Gasteiger partial charge in [-0.05, 0) is 25.0 Å². The Labute approximate surface area is 134 Å². The van der Waals surface area contributed by atoms with Gasteiger partial charge in [-0.25, -0.2) is 15.0 Å². The van der Waals surface area contributed by atoms with Crippen LogP contribution in [0.3, 0.4) is 0 Å². The third-order valence-corrected chi connectivity index (χ3v) is 4.24. The van der Waals surface area contributed by atoms with Crippen molar-refractivity contribution in [3.8, 4) is 5.88 Å². The first kappa shape index (κ1) is 14.0. The zero-order chi connectivity index (χ0) is 15.6. The van der Waals surface area contributed by atoms with Gasteiger partial charge >= 0.3 is 0 Å². The predicted molar refractivity (Wildman–Crippen MR) is 86.8 cm³/mol. The number of aromatic nitrogens is 3. The zero-order valence-corrected chi connectivity index (χ0v) is 13.0. The maximum absolute atomic E-state index is 5.94. The van der Waals surface area contributed by atoms with Crippen LogP contribution in [0.4, 0.5) is 5.82 Å². The molecule has 1 aliphatic rings. The maximum atomic E-state index is 5.94. The normalized spacial score (nSPS) is 18.3. The van der Waals surface area contributed by atoms with E-state index in [-0.39, 0.29) is 5.92 Å². The Morgan fingerprint density at radius 1 is 1.26 bits per heavy atom. The molecule has 1 aromatic carbocycles. The first-order chi connectivity index (χ1) is 11.3. The number of hydrogen-bond donors (Lipinski definition) is 0. The Kier molecular flexibility index (Phi) is 3.57. The molecule has 0 amide bonds. The topological polar surface area (TPSA) is 64.3 Å². The number of benzene rings is 1. The first-order valence-electron chi connectivity index (χ1n) is 7.80. The number of hydrogen-bond acceptors (Lipinski definition) is 6. The second-order valence-corrected chi connectivity index (χ2v) is 5.72. The molecule has 1 fully saturated rings. The molecule has 23 heavy (non-hydrogen) atoms. The van der Waals surface area contributed by atoms with E-state index in [1.807, 2.05) is 30.3 Å². The molecular weight excluding hydrogens is 292 g/mol. The van der Waals surface area contributed by atoms with Gasteiger partial charge in [-0.15, -0.1) is 0 Å². The molecule has 3 heterocycles. The van der Waals surface area contributed by atoms with Gasteiger partial charge in [0.2, 0.25) is 5.88 Å². The van der Waals surface area contributed by atoms with Crippen LogP contribution in [0, 0.1) is 0 Å². The SMILES string of the molecule is COc1cc(N2CCCC(c3nc4ccccc4o3)C2)ncn1. The largest absolute Gasteiger partial charge is 0.481 e. The molecule has 6 nitrogen and oxygen atoms in total. The van der Waals surface area contributed by atoms with Crippen molar-refractivity contribution in [2.75, 3.05) is 25.1 Å². The fourth-order valence-corrected chi connectivity index (χ4v) is 3.07. The molecule has 0 radical (unpaired) electrons. The molecule has 1 atom stereocenters. The lowest BCUT2D eigenvalue weighted by Crippen LogP contribution is -2.35. The molecule has 1 saturated heterocycles. The van der Waals surface area contributed by atoms with E-state index in [2.05, 4.69) is 19.9 Å². The van der Waals surface area contributed by atoms with Crippen LogP contribution < -0.4 is 9.64 Å². The van der Waals surface area contributed by atoms with Gasteiger partial charge < -0.3 is 14.1 Å². The molecule has 1 aliphatic heterocycles. The van der Waals surface area contributed by atoms with Gasteiger partial charge in [0.25, 0.3) is 0 Å². The van der Waals surface area contributed by atoms with Gasteiger partial charge in [0, 0.05) is 19.2 Å². The van der Waals surface area contributed by atoms with Crippen molar-refractivity contribution in [2.45, 2.75) is 18.8 Å². The summed E-state index contributed by atoms with van der Waals surface area (Å²) in [6, 6.07) is 9.76. The van der Waals surface area contributed by atoms with Crippen LogP contribution in [0.15, 0.2) is 41.1 Å². The van der Waals surface area contributed by atoms with E-state index in [4.69, 9.17) is 9.15 Å². The van der Waals surface area contributed by atoms with E-state index < -0.39 is 0 Å². The zero-order valence-electron chi connectivity index (χ0n) is 13.0. The Bertz CT molecular complexity index is 784. The summed E-state index contributed by atoms with van der Waals surface area (Å²) >= 11 is 0. The number of nitrogens with zero attached hydrogens (tertiary/aromatic N) is 4. The van der Waals surface area contributed by atoms with Gasteiger partial charge in [-0.1, -0.05) is 12.1 Å². The van der Waals surface area contributed by atoms with E-state index in [1.54, 1.807) is 7.11 Å². The lowest BCUT2D eigenvalue weighted by atomic mass is 9.98. The van der Waals surface area contributed by atoms with Gasteiger partial charge in [0.05, 0.1) is 13.0 Å². The molecule has 0 bridgehead atoms. The van der Waals surface area contributed by atoms with E-state index in [0.717, 1.165) is 48.7 Å². The molecule has 0 saturated carbocycles. The summed E-state index contributed by atoms with van der Waals surface area (Å²) in [7, 11) is 1.61. The van der Waals surface area contributed by atoms with Crippen molar-refractivity contribution in [3.63, 3.8) is 0 Å². The molecule has 2 aromatic heterocycles. The number of para-hydroxylation sites is 2. The fourth-order valence-electron chi connectivity index (χ4n) is 3.07. The highest BCUT2D eigenvalue weighted by molar-refractivity contribution is 5.72. The third-order valence-electron chi connectivity index (χ3n) is 4.24. The number of methoxy groups -OCH3 is 1. The summed E-state index contributed by atoms with van der Waals surface area (Å²) in [5.74, 6) is 2.56. The number of fused-ring (bicyclic) bond motifs is 1. The summed E-state index contributed by atoms with van der Waals surface area (Å²) in [5.41, 5.74) is 1.77. The standard InChI is InChI=1S/C17H18N4O2/c1-22-16-9-15(18-11-19-16)21-8-4-5-12(10-21)17-20-13-6-2-3-7-14(13)23-17/h2-3,6-7,9,11-12H,4-5,8,10H2,1H3. The van der Waals surface area contributed by atoms with Crippen LogP contribution >= 0.6 is 0 Å². The van der Waals surface area contributed by atoms with Gasteiger partial charge in [-0.2, -0.15) is 0 Å². The van der Waals surface area contributed by atoms with Gasteiger partial charge in [-0.3, -0.25) is 0 Å². The van der Waals surface area contributed by atoms with Crippen LogP contribution in [0.1, 0.15) is 24.7 Å². The Balaban J connectivity index is 1.58. The average molecular weight is 310 g/mol. The molecule has 118 valence electrons. The van der Waals surface area contributed by atoms with E-state index in [0.29, 0.717) is 5.88 Å². The second-order valence-electron chi connectivity index (χ2n) is 5.72. The minimum absolute atomic E-state index is 0.275. The van der Waals surface area contributed by atoms with E-state index in [9.17, 15) is 0 Å². The molecule has 3 aromatic rings. The number of oxazole rings is 1. The smallest absolute Gasteiger partial charge is 0.218 e. The van der Waals surface area contributed by atoms with Crippen LogP contribution in [-0.2, 0) is 0 Å². The van der Waals surface area contributed by atoms with Crippen LogP contribution in [0.25, 0.3) is 11.1 Å². The van der Waals surface area contributed by atoms with Crippen molar-refractivity contribution in [1.82, 2.24) is 15.0 Å². The lowest BCUT2D eigenvalue weighted by Gasteiger charge is -2.32. The van der Waals surface area contributed by atoms with Crippen molar-refractivity contribution >= 4 is 16.9 Å². The summed E-state index contributed by atoms with van der Waals surface area (Å²) in [5, 5.41) is 0. The third kappa shape index (κ3) is 2.72. The summed E-state index contributed by atoms with van der Waals surface area (Å²) in [6.45, 7) is 1.81. The highest BCUT2D eigenvalue weighted by atomic mass is 16.5. The van der Waals surface area contributed by atoms with E-state index in [1.165, 1.54) is 6.33 Å². The molecular formula is C17H18N4O2. The second kappa shape index (κ2) is 5.87. The lowest BCUT2D eigenvalue weighted by molar-refractivity contribution is 0.394. The Morgan fingerprint density at radius 2 is 2.17 bits per heavy atom. The molecule has 0 aliphatic carbocycles. The van der Waals surface area contributed by atoms with Crippen LogP contribution in [0.2, 0.25) is 0 Å². The highest BCUT2D eigenvalue weighted by Crippen LogP contribution is 2.31. The molecule has 4 rings (SSSR count). The van der Waals surface area contributed by atoms with E-state index >= 15 is 0 Å². The molecule has 1 unspecified atom stereocenters. The van der Waals surface area contributed by atoms with Crippen molar-refractivity contribution < 1.29 is 9.15 Å². The quantitative estimate of drug-likeness (QED) is 0.741. The monoisotopic (exact) mass is 310 g/mol. The number of rotatable bonds is 3. The number of piperidine rings is 1. The molecule has 0 N–H and O–H groups in total. The van der Waals surface area contributed by atoms with Crippen molar-refractivity contribution in [3.05, 3.63) is 42.5 Å². The number of ether oxygens (including phenoxy) is 1. The Morgan fingerprint density at radius 3 is 3.04 bits per heavy atom. The summed E-state index contributed by atoms with van der Waals surface area (Å²) in [4.78, 5) is 15.3. The summed E-state index contributed by atoms with van der Waals surface area (Å²) < 4.78 is 11.1. The maximum Gasteiger partial charge on any atom is 0.218 e. The predicted octanol–water partition coefficient (Wildman–Crippen LogP) is 3.01.